The molecule has 1 aromatic carbocycles. The molecule has 0 saturated carbocycles. The molecule has 3 saturated heterocycles. The number of fused-ring (bicyclic) bond motifs is 3. The highest BCUT2D eigenvalue weighted by molar-refractivity contribution is 5.92. The Kier molecular flexibility index (Phi) is 3.93. The van der Waals surface area contributed by atoms with Gasteiger partial charge >= 0.3 is 0 Å². The molecule has 3 aliphatic rings. The number of amides is 1. The molecule has 1 N–H and O–H groups in total. The highest BCUT2D eigenvalue weighted by Gasteiger charge is 2.40. The molecule has 0 radical (unpaired) electrons. The Bertz CT molecular complexity index is 742. The van der Waals surface area contributed by atoms with E-state index in [4.69, 9.17) is 4.42 Å². The molecule has 2 atom stereocenters. The van der Waals surface area contributed by atoms with Crippen LogP contribution in [0.2, 0.25) is 0 Å². The van der Waals surface area contributed by atoms with Crippen molar-refractivity contribution in [2.45, 2.75) is 38.8 Å². The van der Waals surface area contributed by atoms with Crippen molar-refractivity contribution < 1.29 is 9.21 Å². The monoisotopic (exact) mass is 324 g/mol. The van der Waals surface area contributed by atoms with Gasteiger partial charge in [-0.3, -0.25) is 9.69 Å². The summed E-state index contributed by atoms with van der Waals surface area (Å²) in [5.41, 5.74) is 2.18. The van der Waals surface area contributed by atoms with Gasteiger partial charge in [0.15, 0.2) is 5.76 Å². The van der Waals surface area contributed by atoms with Crippen LogP contribution in [0.4, 0.5) is 0 Å². The van der Waals surface area contributed by atoms with Gasteiger partial charge in [0.25, 0.3) is 5.91 Å². The number of aryl methyl sites for hydroxylation is 1. The van der Waals surface area contributed by atoms with Crippen molar-refractivity contribution in [2.24, 2.45) is 5.92 Å². The van der Waals surface area contributed by atoms with Crippen molar-refractivity contribution >= 4 is 5.91 Å². The molecule has 126 valence electrons. The molecule has 0 aliphatic carbocycles. The highest BCUT2D eigenvalue weighted by Crippen LogP contribution is 2.32. The van der Waals surface area contributed by atoms with E-state index >= 15 is 0 Å². The number of rotatable bonds is 3. The molecule has 2 aromatic rings. The zero-order valence-corrected chi connectivity index (χ0v) is 14.3. The third kappa shape index (κ3) is 2.65. The predicted molar refractivity (Wildman–Crippen MR) is 93.9 cm³/mol. The Labute approximate surface area is 142 Å². The van der Waals surface area contributed by atoms with Crippen LogP contribution in [-0.2, 0) is 0 Å². The molecule has 3 fully saturated rings. The van der Waals surface area contributed by atoms with Crippen LogP contribution < -0.4 is 5.32 Å². The van der Waals surface area contributed by atoms with Gasteiger partial charge in [-0.15, -0.1) is 0 Å². The first-order valence-electron chi connectivity index (χ1n) is 8.84. The Morgan fingerprint density at radius 2 is 1.92 bits per heavy atom. The van der Waals surface area contributed by atoms with Crippen molar-refractivity contribution in [1.82, 2.24) is 10.2 Å². The second kappa shape index (κ2) is 6.10. The van der Waals surface area contributed by atoms with Crippen LogP contribution in [0.5, 0.6) is 0 Å². The number of hydrogen-bond acceptors (Lipinski definition) is 3. The van der Waals surface area contributed by atoms with Crippen LogP contribution in [-0.4, -0.2) is 36.0 Å². The maximum Gasteiger partial charge on any atom is 0.287 e. The van der Waals surface area contributed by atoms with Crippen molar-refractivity contribution in [1.29, 1.82) is 0 Å². The standard InChI is InChI=1S/C20H24N2O2/c1-13-5-3-4-6-16(13)17-7-8-18(24-17)20(23)21-19-14(2)22-11-9-15(19)10-12-22/h3-8,14-15,19H,9-12H2,1-2H3,(H,21,23). The molecule has 2 bridgehead atoms. The van der Waals surface area contributed by atoms with Gasteiger partial charge in [-0.05, 0) is 63.4 Å². The zero-order valence-electron chi connectivity index (χ0n) is 14.3. The van der Waals surface area contributed by atoms with Gasteiger partial charge in [-0.25, -0.2) is 0 Å². The van der Waals surface area contributed by atoms with E-state index in [2.05, 4.69) is 17.1 Å². The van der Waals surface area contributed by atoms with Crippen LogP contribution in [0, 0.1) is 12.8 Å². The normalized spacial score (nSPS) is 28.8. The Morgan fingerprint density at radius 1 is 1.17 bits per heavy atom. The number of carbonyl (C=O) groups is 1. The van der Waals surface area contributed by atoms with E-state index in [1.807, 2.05) is 37.3 Å². The van der Waals surface area contributed by atoms with E-state index in [0.717, 1.165) is 30.0 Å². The lowest BCUT2D eigenvalue weighted by Crippen LogP contribution is -2.62. The average molecular weight is 324 g/mol. The third-order valence-electron chi connectivity index (χ3n) is 5.72. The molecular formula is C20H24N2O2. The summed E-state index contributed by atoms with van der Waals surface area (Å²) < 4.78 is 5.84. The summed E-state index contributed by atoms with van der Waals surface area (Å²) in [6.07, 6.45) is 2.36. The Hall–Kier alpha value is -2.07. The van der Waals surface area contributed by atoms with Crippen molar-refractivity contribution in [3.63, 3.8) is 0 Å². The van der Waals surface area contributed by atoms with Gasteiger partial charge in [-0.1, -0.05) is 24.3 Å². The highest BCUT2D eigenvalue weighted by atomic mass is 16.3. The lowest BCUT2D eigenvalue weighted by atomic mass is 9.79. The smallest absolute Gasteiger partial charge is 0.287 e. The van der Waals surface area contributed by atoms with Crippen LogP contribution in [0.15, 0.2) is 40.8 Å². The summed E-state index contributed by atoms with van der Waals surface area (Å²) in [5, 5.41) is 3.22. The summed E-state index contributed by atoms with van der Waals surface area (Å²) in [4.78, 5) is 15.1. The van der Waals surface area contributed by atoms with Gasteiger partial charge in [0, 0.05) is 17.6 Å². The molecule has 1 amide bonds. The van der Waals surface area contributed by atoms with Gasteiger partial charge in [0.2, 0.25) is 0 Å². The lowest BCUT2D eigenvalue weighted by Gasteiger charge is -2.49. The fourth-order valence-electron chi connectivity index (χ4n) is 4.22. The maximum atomic E-state index is 12.6. The van der Waals surface area contributed by atoms with Crippen LogP contribution in [0.25, 0.3) is 11.3 Å². The van der Waals surface area contributed by atoms with E-state index in [0.29, 0.717) is 17.7 Å². The predicted octanol–water partition coefficient (Wildman–Crippen LogP) is 3.47. The first-order valence-corrected chi connectivity index (χ1v) is 8.84. The van der Waals surface area contributed by atoms with E-state index < -0.39 is 0 Å². The molecule has 4 heterocycles. The second-order valence-corrected chi connectivity index (χ2v) is 7.09. The first kappa shape index (κ1) is 15.5. The molecular weight excluding hydrogens is 300 g/mol. The maximum absolute atomic E-state index is 12.6. The summed E-state index contributed by atoms with van der Waals surface area (Å²) in [5.74, 6) is 1.65. The topological polar surface area (TPSA) is 45.5 Å². The van der Waals surface area contributed by atoms with E-state index in [-0.39, 0.29) is 11.9 Å². The first-order chi connectivity index (χ1) is 11.6. The minimum absolute atomic E-state index is 0.0968. The molecule has 3 aliphatic heterocycles. The quantitative estimate of drug-likeness (QED) is 0.940. The Morgan fingerprint density at radius 3 is 2.62 bits per heavy atom. The molecule has 1 aromatic heterocycles. The zero-order chi connectivity index (χ0) is 16.7. The largest absolute Gasteiger partial charge is 0.451 e. The molecule has 0 spiro atoms. The number of hydrogen-bond donors (Lipinski definition) is 1. The second-order valence-electron chi connectivity index (χ2n) is 7.09. The van der Waals surface area contributed by atoms with Crippen molar-refractivity contribution in [2.75, 3.05) is 13.1 Å². The fourth-order valence-corrected chi connectivity index (χ4v) is 4.22. The molecule has 2 unspecified atom stereocenters. The van der Waals surface area contributed by atoms with Crippen LogP contribution >= 0.6 is 0 Å². The van der Waals surface area contributed by atoms with Crippen LogP contribution in [0.1, 0.15) is 35.9 Å². The fraction of sp³-hybridized carbons (Fsp3) is 0.450. The van der Waals surface area contributed by atoms with Gasteiger partial charge < -0.3 is 9.73 Å². The summed E-state index contributed by atoms with van der Waals surface area (Å²) in [6.45, 7) is 6.59. The van der Waals surface area contributed by atoms with E-state index in [9.17, 15) is 4.79 Å². The number of nitrogens with zero attached hydrogens (tertiary/aromatic N) is 1. The van der Waals surface area contributed by atoms with Gasteiger partial charge in [0.1, 0.15) is 5.76 Å². The average Bonchev–Trinajstić information content (AvgIpc) is 3.09. The Balaban J connectivity index is 1.51. The third-order valence-corrected chi connectivity index (χ3v) is 5.72. The van der Waals surface area contributed by atoms with Crippen molar-refractivity contribution in [3.05, 3.63) is 47.7 Å². The molecule has 4 heteroatoms. The SMILES string of the molecule is Cc1ccccc1-c1ccc(C(=O)NC2C3CCN(CC3)C2C)o1. The lowest BCUT2D eigenvalue weighted by molar-refractivity contribution is 0.0211. The summed E-state index contributed by atoms with van der Waals surface area (Å²) in [6, 6.07) is 12.4. The summed E-state index contributed by atoms with van der Waals surface area (Å²) >= 11 is 0. The van der Waals surface area contributed by atoms with Gasteiger partial charge in [0.05, 0.1) is 0 Å². The molecule has 5 rings (SSSR count). The van der Waals surface area contributed by atoms with Gasteiger partial charge in [-0.2, -0.15) is 0 Å². The molecule has 4 nitrogen and oxygen atoms in total. The van der Waals surface area contributed by atoms with Crippen molar-refractivity contribution in [3.8, 4) is 11.3 Å². The minimum Gasteiger partial charge on any atom is -0.451 e. The number of benzene rings is 1. The number of carbonyl (C=O) groups excluding carboxylic acids is 1. The van der Waals surface area contributed by atoms with E-state index in [1.54, 1.807) is 6.07 Å². The van der Waals surface area contributed by atoms with Crippen LogP contribution in [0.3, 0.4) is 0 Å². The number of nitrogens with one attached hydrogen (secondary N) is 1. The minimum atomic E-state index is -0.0968. The number of piperidine rings is 3. The number of furan rings is 1. The molecule has 24 heavy (non-hydrogen) atoms. The van der Waals surface area contributed by atoms with E-state index in [1.165, 1.54) is 12.8 Å². The summed E-state index contributed by atoms with van der Waals surface area (Å²) in [7, 11) is 0.